The number of nitrogens with zero attached hydrogens (tertiary/aromatic N) is 5. The van der Waals surface area contributed by atoms with Crippen LogP contribution in [0.25, 0.3) is 11.0 Å². The molecule has 0 fully saturated rings. The van der Waals surface area contributed by atoms with Gasteiger partial charge in [-0.15, -0.1) is 10.1 Å². The summed E-state index contributed by atoms with van der Waals surface area (Å²) in [4.78, 5) is 40.6. The standard InChI is InChI=1S/C17H19BrN6O6/c18-14-12(3-4-13-15(14)20-6-5-19-13)22-16-21-7-8-23(16)11-29-17(25)28-9-1-2-10-30-24(26)27/h3-6H,1-2,7-11H2,(H,21,22). The smallest absolute Gasteiger partial charge is 0.434 e. The fraction of sp³-hybridized carbons (Fsp3) is 0.412. The fourth-order valence-corrected chi connectivity index (χ4v) is 3.15. The van der Waals surface area contributed by atoms with Gasteiger partial charge in [-0.1, -0.05) is 0 Å². The third kappa shape index (κ3) is 5.89. The normalized spacial score (nSPS) is 13.1. The van der Waals surface area contributed by atoms with E-state index in [0.717, 1.165) is 21.2 Å². The molecule has 1 aromatic carbocycles. The number of aliphatic imine (C=N–C) groups is 1. The summed E-state index contributed by atoms with van der Waals surface area (Å²) >= 11 is 3.54. The first-order valence-corrected chi connectivity index (χ1v) is 9.86. The molecule has 2 aromatic rings. The molecule has 1 N–H and O–H groups in total. The molecule has 3 rings (SSSR count). The number of hydrogen-bond acceptors (Lipinski definition) is 11. The quantitative estimate of drug-likeness (QED) is 0.245. The average Bonchev–Trinajstić information content (AvgIpc) is 3.18. The van der Waals surface area contributed by atoms with Crippen molar-refractivity contribution in [2.24, 2.45) is 4.99 Å². The first-order chi connectivity index (χ1) is 14.5. The lowest BCUT2D eigenvalue weighted by Gasteiger charge is -2.21. The van der Waals surface area contributed by atoms with Crippen molar-refractivity contribution in [3.05, 3.63) is 39.1 Å². The summed E-state index contributed by atoms with van der Waals surface area (Å²) in [5, 5.41) is 12.4. The summed E-state index contributed by atoms with van der Waals surface area (Å²) in [6.07, 6.45) is 3.25. The molecule has 0 aliphatic carbocycles. The monoisotopic (exact) mass is 482 g/mol. The van der Waals surface area contributed by atoms with Crippen molar-refractivity contribution >= 4 is 44.8 Å². The third-order valence-electron chi connectivity index (χ3n) is 4.05. The molecule has 0 bridgehead atoms. The van der Waals surface area contributed by atoms with Crippen LogP contribution < -0.4 is 5.32 Å². The molecule has 2 heterocycles. The molecule has 0 unspecified atom stereocenters. The highest BCUT2D eigenvalue weighted by Crippen LogP contribution is 2.29. The van der Waals surface area contributed by atoms with Crippen LogP contribution in [-0.2, 0) is 14.3 Å². The van der Waals surface area contributed by atoms with Crippen LogP contribution in [0.3, 0.4) is 0 Å². The molecular weight excluding hydrogens is 464 g/mol. The van der Waals surface area contributed by atoms with Gasteiger partial charge in [0.15, 0.2) is 6.73 Å². The van der Waals surface area contributed by atoms with Gasteiger partial charge in [0.25, 0.3) is 5.09 Å². The SMILES string of the molecule is O=C(OCCCCO[N+](=O)[O-])OCN1CCN=C1Nc1ccc2nccnc2c1Br. The van der Waals surface area contributed by atoms with Crippen molar-refractivity contribution in [2.45, 2.75) is 12.8 Å². The Labute approximate surface area is 179 Å². The summed E-state index contributed by atoms with van der Waals surface area (Å²) in [6, 6.07) is 3.71. The van der Waals surface area contributed by atoms with E-state index in [0.29, 0.717) is 31.9 Å². The second-order valence-corrected chi connectivity index (χ2v) is 6.87. The second-order valence-electron chi connectivity index (χ2n) is 6.08. The fourth-order valence-electron chi connectivity index (χ4n) is 2.62. The molecule has 13 heteroatoms. The maximum Gasteiger partial charge on any atom is 0.510 e. The Morgan fingerprint density at radius 3 is 2.87 bits per heavy atom. The molecule has 0 atom stereocenters. The molecule has 0 amide bonds. The van der Waals surface area contributed by atoms with Gasteiger partial charge in [-0.2, -0.15) is 0 Å². The number of anilines is 1. The Balaban J connectivity index is 1.44. The lowest BCUT2D eigenvalue weighted by molar-refractivity contribution is -0.757. The summed E-state index contributed by atoms with van der Waals surface area (Å²) in [7, 11) is 0. The molecule has 0 spiro atoms. The van der Waals surface area contributed by atoms with E-state index in [1.54, 1.807) is 17.3 Å². The van der Waals surface area contributed by atoms with Gasteiger partial charge in [0.1, 0.15) is 5.52 Å². The van der Waals surface area contributed by atoms with E-state index >= 15 is 0 Å². The Morgan fingerprint density at radius 2 is 2.03 bits per heavy atom. The number of rotatable bonds is 9. The molecule has 1 aromatic heterocycles. The van der Waals surface area contributed by atoms with Crippen molar-refractivity contribution in [1.29, 1.82) is 0 Å². The van der Waals surface area contributed by atoms with Gasteiger partial charge in [-0.3, -0.25) is 15.0 Å². The number of benzene rings is 1. The van der Waals surface area contributed by atoms with Crippen LogP contribution in [0.2, 0.25) is 0 Å². The van der Waals surface area contributed by atoms with Gasteiger partial charge >= 0.3 is 6.16 Å². The number of unbranched alkanes of at least 4 members (excludes halogenated alkanes) is 1. The average molecular weight is 483 g/mol. The van der Waals surface area contributed by atoms with Crippen LogP contribution >= 0.6 is 15.9 Å². The van der Waals surface area contributed by atoms with Gasteiger partial charge in [0.2, 0.25) is 5.96 Å². The van der Waals surface area contributed by atoms with Crippen LogP contribution in [0, 0.1) is 10.1 Å². The number of carbonyl (C=O) groups is 1. The van der Waals surface area contributed by atoms with Crippen LogP contribution in [0.1, 0.15) is 12.8 Å². The first-order valence-electron chi connectivity index (χ1n) is 9.07. The van der Waals surface area contributed by atoms with Gasteiger partial charge in [-0.05, 0) is 40.9 Å². The predicted molar refractivity (Wildman–Crippen MR) is 109 cm³/mol. The number of fused-ring (bicyclic) bond motifs is 1. The van der Waals surface area contributed by atoms with Gasteiger partial charge in [0.05, 0.1) is 35.4 Å². The predicted octanol–water partition coefficient (Wildman–Crippen LogP) is 2.58. The summed E-state index contributed by atoms with van der Waals surface area (Å²) in [6.45, 7) is 1.16. The number of ether oxygens (including phenoxy) is 2. The number of hydrogen-bond donors (Lipinski definition) is 1. The van der Waals surface area contributed by atoms with Crippen LogP contribution in [0.15, 0.2) is 34.0 Å². The van der Waals surface area contributed by atoms with Gasteiger partial charge < -0.3 is 24.5 Å². The van der Waals surface area contributed by atoms with Crippen molar-refractivity contribution in [3.63, 3.8) is 0 Å². The molecule has 1 aliphatic heterocycles. The lowest BCUT2D eigenvalue weighted by atomic mass is 10.2. The largest absolute Gasteiger partial charge is 0.510 e. The highest BCUT2D eigenvalue weighted by Gasteiger charge is 2.20. The summed E-state index contributed by atoms with van der Waals surface area (Å²) < 4.78 is 10.8. The number of aromatic nitrogens is 2. The van der Waals surface area contributed by atoms with Crippen molar-refractivity contribution in [3.8, 4) is 0 Å². The van der Waals surface area contributed by atoms with E-state index in [4.69, 9.17) is 9.47 Å². The van der Waals surface area contributed by atoms with E-state index in [-0.39, 0.29) is 19.9 Å². The zero-order valence-corrected chi connectivity index (χ0v) is 17.4. The zero-order valence-electron chi connectivity index (χ0n) is 15.8. The number of guanidine groups is 1. The maximum atomic E-state index is 11.7. The molecule has 1 aliphatic rings. The van der Waals surface area contributed by atoms with Gasteiger partial charge in [0, 0.05) is 18.9 Å². The number of halogens is 1. The van der Waals surface area contributed by atoms with Crippen molar-refractivity contribution in [2.75, 3.05) is 38.4 Å². The molecule has 0 radical (unpaired) electrons. The highest BCUT2D eigenvalue weighted by atomic mass is 79.9. The van der Waals surface area contributed by atoms with E-state index in [1.165, 1.54) is 0 Å². The Hall–Kier alpha value is -3.22. The van der Waals surface area contributed by atoms with Crippen molar-refractivity contribution in [1.82, 2.24) is 14.9 Å². The van der Waals surface area contributed by atoms with Crippen LogP contribution in [-0.4, -0.2) is 65.1 Å². The molecule has 0 saturated heterocycles. The van der Waals surface area contributed by atoms with E-state index in [2.05, 4.69) is 41.0 Å². The molecule has 0 saturated carbocycles. The molecule has 160 valence electrons. The minimum atomic E-state index is -0.859. The summed E-state index contributed by atoms with van der Waals surface area (Å²) in [5.41, 5.74) is 2.24. The minimum absolute atomic E-state index is 0.0277. The third-order valence-corrected chi connectivity index (χ3v) is 4.85. The molecular formula is C17H19BrN6O6. The topological polar surface area (TPSA) is 141 Å². The van der Waals surface area contributed by atoms with Crippen molar-refractivity contribution < 1.29 is 24.2 Å². The van der Waals surface area contributed by atoms with Crippen LogP contribution in [0.5, 0.6) is 0 Å². The highest BCUT2D eigenvalue weighted by molar-refractivity contribution is 9.10. The summed E-state index contributed by atoms with van der Waals surface area (Å²) in [5.74, 6) is 0.559. The second kappa shape index (κ2) is 10.5. The van der Waals surface area contributed by atoms with Gasteiger partial charge in [-0.25, -0.2) is 4.79 Å². The Morgan fingerprint density at radius 1 is 1.23 bits per heavy atom. The minimum Gasteiger partial charge on any atom is -0.434 e. The number of carbonyl (C=O) groups excluding carboxylic acids is 1. The first kappa shape index (κ1) is 21.5. The molecule has 12 nitrogen and oxygen atoms in total. The number of nitrogens with one attached hydrogen (secondary N) is 1. The Kier molecular flexibility index (Phi) is 7.54. The Bertz CT molecular complexity index is 942. The molecule has 30 heavy (non-hydrogen) atoms. The van der Waals surface area contributed by atoms with E-state index in [9.17, 15) is 14.9 Å². The van der Waals surface area contributed by atoms with E-state index in [1.807, 2.05) is 12.1 Å². The zero-order chi connectivity index (χ0) is 21.3. The lowest BCUT2D eigenvalue weighted by Crippen LogP contribution is -2.36. The maximum absolute atomic E-state index is 11.7. The van der Waals surface area contributed by atoms with E-state index < -0.39 is 11.2 Å². The van der Waals surface area contributed by atoms with Crippen LogP contribution in [0.4, 0.5) is 10.5 Å².